The van der Waals surface area contributed by atoms with E-state index in [0.29, 0.717) is 0 Å². The molecule has 4 heteroatoms. The molecule has 1 aromatic heterocycles. The van der Waals surface area contributed by atoms with Gasteiger partial charge in [-0.1, -0.05) is 13.8 Å². The molecule has 1 heterocycles. The molecule has 0 saturated carbocycles. The van der Waals surface area contributed by atoms with E-state index in [1.807, 2.05) is 11.6 Å². The van der Waals surface area contributed by atoms with Crippen LogP contribution in [0.25, 0.3) is 0 Å². The first-order valence-electron chi connectivity index (χ1n) is 5.24. The van der Waals surface area contributed by atoms with Crippen LogP contribution in [-0.2, 0) is 13.0 Å². The highest BCUT2D eigenvalue weighted by molar-refractivity contribution is 9.10. The Labute approximate surface area is 99.6 Å². The molecule has 3 nitrogen and oxygen atoms in total. The lowest BCUT2D eigenvalue weighted by atomic mass is 9.89. The Kier molecular flexibility index (Phi) is 3.95. The van der Waals surface area contributed by atoms with Gasteiger partial charge < -0.3 is 5.11 Å². The van der Waals surface area contributed by atoms with E-state index in [1.54, 1.807) is 0 Å². The van der Waals surface area contributed by atoms with E-state index >= 15 is 0 Å². The zero-order valence-electron chi connectivity index (χ0n) is 9.84. The van der Waals surface area contributed by atoms with Crippen LogP contribution in [0.4, 0.5) is 0 Å². The van der Waals surface area contributed by atoms with Crippen molar-refractivity contribution in [1.29, 1.82) is 0 Å². The van der Waals surface area contributed by atoms with Crippen molar-refractivity contribution in [3.63, 3.8) is 0 Å². The highest BCUT2D eigenvalue weighted by atomic mass is 79.9. The number of aromatic nitrogens is 2. The molecule has 15 heavy (non-hydrogen) atoms. The molecule has 0 unspecified atom stereocenters. The molecule has 0 aliphatic rings. The number of hydrogen-bond acceptors (Lipinski definition) is 2. The highest BCUT2D eigenvalue weighted by Crippen LogP contribution is 2.28. The van der Waals surface area contributed by atoms with Gasteiger partial charge in [-0.25, -0.2) is 0 Å². The van der Waals surface area contributed by atoms with Gasteiger partial charge in [0, 0.05) is 13.2 Å². The SMILES string of the molecule is CCn1nc(C)c(Br)c1CC(C)(C)CO. The summed E-state index contributed by atoms with van der Waals surface area (Å²) in [5.74, 6) is 0. The smallest absolute Gasteiger partial charge is 0.0738 e. The normalized spacial score (nSPS) is 12.1. The maximum Gasteiger partial charge on any atom is 0.0738 e. The van der Waals surface area contributed by atoms with Gasteiger partial charge in [-0.3, -0.25) is 4.68 Å². The van der Waals surface area contributed by atoms with Gasteiger partial charge in [0.1, 0.15) is 0 Å². The predicted molar refractivity (Wildman–Crippen MR) is 64.9 cm³/mol. The molecule has 0 saturated heterocycles. The van der Waals surface area contributed by atoms with Gasteiger partial charge in [-0.2, -0.15) is 5.10 Å². The summed E-state index contributed by atoms with van der Waals surface area (Å²) in [5.41, 5.74) is 2.09. The van der Waals surface area contributed by atoms with Gasteiger partial charge in [0.2, 0.25) is 0 Å². The van der Waals surface area contributed by atoms with Crippen LogP contribution in [0.2, 0.25) is 0 Å². The van der Waals surface area contributed by atoms with Gasteiger partial charge in [0.15, 0.2) is 0 Å². The quantitative estimate of drug-likeness (QED) is 0.917. The third-order valence-corrected chi connectivity index (χ3v) is 3.56. The van der Waals surface area contributed by atoms with Crippen molar-refractivity contribution in [2.24, 2.45) is 5.41 Å². The molecule has 0 aliphatic heterocycles. The summed E-state index contributed by atoms with van der Waals surface area (Å²) in [6.07, 6.45) is 0.832. The lowest BCUT2D eigenvalue weighted by Gasteiger charge is -2.22. The second-order valence-electron chi connectivity index (χ2n) is 4.66. The number of rotatable bonds is 4. The van der Waals surface area contributed by atoms with E-state index in [1.165, 1.54) is 5.69 Å². The maximum atomic E-state index is 9.27. The van der Waals surface area contributed by atoms with Crippen LogP contribution in [-0.4, -0.2) is 21.5 Å². The second-order valence-corrected chi connectivity index (χ2v) is 5.45. The molecule has 1 rings (SSSR count). The molecule has 1 N–H and O–H groups in total. The number of aliphatic hydroxyl groups is 1. The van der Waals surface area contributed by atoms with Crippen molar-refractivity contribution >= 4 is 15.9 Å². The van der Waals surface area contributed by atoms with Crippen LogP contribution in [0, 0.1) is 12.3 Å². The molecule has 0 atom stereocenters. The van der Waals surface area contributed by atoms with Crippen molar-refractivity contribution in [3.8, 4) is 0 Å². The summed E-state index contributed by atoms with van der Waals surface area (Å²) in [4.78, 5) is 0. The standard InChI is InChI=1S/C11H19BrN2O/c1-5-14-9(6-11(3,4)7-15)10(12)8(2)13-14/h15H,5-7H2,1-4H3. The number of aliphatic hydroxyl groups excluding tert-OH is 1. The van der Waals surface area contributed by atoms with Crippen LogP contribution < -0.4 is 0 Å². The van der Waals surface area contributed by atoms with Crippen LogP contribution in [0.15, 0.2) is 4.47 Å². The molecule has 0 bridgehead atoms. The van der Waals surface area contributed by atoms with Gasteiger partial charge in [0.25, 0.3) is 0 Å². The maximum absolute atomic E-state index is 9.27. The zero-order valence-corrected chi connectivity index (χ0v) is 11.4. The van der Waals surface area contributed by atoms with E-state index in [9.17, 15) is 5.11 Å². The first-order chi connectivity index (χ1) is 6.91. The minimum absolute atomic E-state index is 0.0953. The molecule has 0 fully saturated rings. The third-order valence-electron chi connectivity index (χ3n) is 2.53. The summed E-state index contributed by atoms with van der Waals surface area (Å²) in [5, 5.41) is 13.7. The highest BCUT2D eigenvalue weighted by Gasteiger charge is 2.22. The molecule has 1 aromatic rings. The largest absolute Gasteiger partial charge is 0.396 e. The lowest BCUT2D eigenvalue weighted by Crippen LogP contribution is -2.22. The zero-order chi connectivity index (χ0) is 11.6. The topological polar surface area (TPSA) is 38.0 Å². The number of halogens is 1. The molecule has 0 amide bonds. The van der Waals surface area contributed by atoms with Crippen molar-refractivity contribution in [2.75, 3.05) is 6.61 Å². The molecule has 0 aromatic carbocycles. The van der Waals surface area contributed by atoms with Crippen molar-refractivity contribution < 1.29 is 5.11 Å². The fraction of sp³-hybridized carbons (Fsp3) is 0.727. The average Bonchev–Trinajstić information content (AvgIpc) is 2.45. The summed E-state index contributed by atoms with van der Waals surface area (Å²) >= 11 is 3.56. The Morgan fingerprint density at radius 3 is 2.53 bits per heavy atom. The summed E-state index contributed by atoms with van der Waals surface area (Å²) in [6.45, 7) is 9.24. The van der Waals surface area contributed by atoms with E-state index < -0.39 is 0 Å². The lowest BCUT2D eigenvalue weighted by molar-refractivity contribution is 0.157. The molecule has 0 spiro atoms. The number of hydrogen-bond donors (Lipinski definition) is 1. The van der Waals surface area contributed by atoms with Gasteiger partial charge in [-0.05, 0) is 41.6 Å². The molecule has 0 aliphatic carbocycles. The second kappa shape index (κ2) is 4.66. The minimum atomic E-state index is -0.0953. The molecular formula is C11H19BrN2O. The van der Waals surface area contributed by atoms with Crippen molar-refractivity contribution in [3.05, 3.63) is 15.9 Å². The fourth-order valence-electron chi connectivity index (χ4n) is 1.55. The summed E-state index contributed by atoms with van der Waals surface area (Å²) < 4.78 is 3.07. The van der Waals surface area contributed by atoms with Gasteiger partial charge in [-0.15, -0.1) is 0 Å². The van der Waals surface area contributed by atoms with E-state index in [-0.39, 0.29) is 12.0 Å². The monoisotopic (exact) mass is 274 g/mol. The number of aryl methyl sites for hydroxylation is 2. The van der Waals surface area contributed by atoms with E-state index in [0.717, 1.165) is 23.1 Å². The van der Waals surface area contributed by atoms with Crippen LogP contribution >= 0.6 is 15.9 Å². The van der Waals surface area contributed by atoms with Crippen molar-refractivity contribution in [1.82, 2.24) is 9.78 Å². The van der Waals surface area contributed by atoms with Gasteiger partial charge in [0.05, 0.1) is 15.9 Å². The summed E-state index contributed by atoms with van der Waals surface area (Å²) in [7, 11) is 0. The van der Waals surface area contributed by atoms with E-state index in [2.05, 4.69) is 41.8 Å². The Hall–Kier alpha value is -0.350. The molecule has 0 radical (unpaired) electrons. The van der Waals surface area contributed by atoms with Crippen LogP contribution in [0.3, 0.4) is 0 Å². The van der Waals surface area contributed by atoms with E-state index in [4.69, 9.17) is 0 Å². The summed E-state index contributed by atoms with van der Waals surface area (Å²) in [6, 6.07) is 0. The van der Waals surface area contributed by atoms with Crippen LogP contribution in [0.1, 0.15) is 32.2 Å². The Morgan fingerprint density at radius 2 is 2.07 bits per heavy atom. The number of nitrogens with zero attached hydrogens (tertiary/aromatic N) is 2. The molecular weight excluding hydrogens is 256 g/mol. The van der Waals surface area contributed by atoms with Crippen molar-refractivity contribution in [2.45, 2.75) is 40.7 Å². The Balaban J connectivity index is 3.03. The third kappa shape index (κ3) is 2.82. The van der Waals surface area contributed by atoms with Crippen LogP contribution in [0.5, 0.6) is 0 Å². The Morgan fingerprint density at radius 1 is 1.47 bits per heavy atom. The predicted octanol–water partition coefficient (Wildman–Crippen LogP) is 2.53. The molecule has 86 valence electrons. The Bertz CT molecular complexity index is 345. The first kappa shape index (κ1) is 12.7. The average molecular weight is 275 g/mol. The first-order valence-corrected chi connectivity index (χ1v) is 6.03. The van der Waals surface area contributed by atoms with Gasteiger partial charge >= 0.3 is 0 Å². The minimum Gasteiger partial charge on any atom is -0.396 e. The fourth-order valence-corrected chi connectivity index (χ4v) is 1.97.